The molecule has 128 valence electrons. The molecule has 0 aliphatic heterocycles. The van der Waals surface area contributed by atoms with Crippen LogP contribution >= 0.6 is 0 Å². The monoisotopic (exact) mass is 334 g/mol. The SMILES string of the molecule is COC(=O)C1(C(=O)OC)Cc2cc(C=O)c(C)c(OC(C)=O)c2C1. The maximum Gasteiger partial charge on any atom is 0.323 e. The van der Waals surface area contributed by atoms with Gasteiger partial charge in [0.2, 0.25) is 0 Å². The van der Waals surface area contributed by atoms with Gasteiger partial charge in [-0.2, -0.15) is 0 Å². The summed E-state index contributed by atoms with van der Waals surface area (Å²) in [5, 5.41) is 0. The molecule has 0 aromatic heterocycles. The topological polar surface area (TPSA) is 96.0 Å². The van der Waals surface area contributed by atoms with Gasteiger partial charge in [0, 0.05) is 30.0 Å². The van der Waals surface area contributed by atoms with Gasteiger partial charge in [-0.3, -0.25) is 19.2 Å². The molecule has 0 atom stereocenters. The van der Waals surface area contributed by atoms with E-state index in [9.17, 15) is 19.2 Å². The smallest absolute Gasteiger partial charge is 0.323 e. The van der Waals surface area contributed by atoms with Crippen molar-refractivity contribution in [3.05, 3.63) is 28.3 Å². The Kier molecular flexibility index (Phi) is 4.73. The van der Waals surface area contributed by atoms with Crippen LogP contribution in [0.25, 0.3) is 0 Å². The maximum absolute atomic E-state index is 12.3. The number of rotatable bonds is 4. The minimum atomic E-state index is -1.55. The molecule has 0 amide bonds. The number of hydrogen-bond acceptors (Lipinski definition) is 7. The summed E-state index contributed by atoms with van der Waals surface area (Å²) in [5.41, 5.74) is 0.369. The zero-order valence-corrected chi connectivity index (χ0v) is 13.9. The molecule has 0 heterocycles. The number of fused-ring (bicyclic) bond motifs is 1. The van der Waals surface area contributed by atoms with E-state index in [1.165, 1.54) is 21.1 Å². The molecule has 2 rings (SSSR count). The fourth-order valence-electron chi connectivity index (χ4n) is 3.09. The van der Waals surface area contributed by atoms with E-state index >= 15 is 0 Å². The predicted octanol–water partition coefficient (Wildman–Crippen LogP) is 1.16. The van der Waals surface area contributed by atoms with Gasteiger partial charge in [-0.25, -0.2) is 0 Å². The summed E-state index contributed by atoms with van der Waals surface area (Å²) in [4.78, 5) is 47.3. The molecule has 0 fully saturated rings. The van der Waals surface area contributed by atoms with Crippen LogP contribution in [0, 0.1) is 12.3 Å². The first-order valence-electron chi connectivity index (χ1n) is 7.26. The van der Waals surface area contributed by atoms with Crippen LogP contribution < -0.4 is 4.74 Å². The van der Waals surface area contributed by atoms with Crippen molar-refractivity contribution < 1.29 is 33.4 Å². The summed E-state index contributed by atoms with van der Waals surface area (Å²) in [7, 11) is 2.37. The quantitative estimate of drug-likeness (QED) is 0.353. The summed E-state index contributed by atoms with van der Waals surface area (Å²) in [5.74, 6) is -1.82. The van der Waals surface area contributed by atoms with E-state index in [0.29, 0.717) is 28.5 Å². The first-order valence-corrected chi connectivity index (χ1v) is 7.26. The van der Waals surface area contributed by atoms with Gasteiger partial charge < -0.3 is 14.2 Å². The van der Waals surface area contributed by atoms with Gasteiger partial charge in [0.25, 0.3) is 0 Å². The molecule has 0 N–H and O–H groups in total. The highest BCUT2D eigenvalue weighted by atomic mass is 16.5. The molecule has 0 unspecified atom stereocenters. The Hall–Kier alpha value is -2.70. The number of carbonyl (C=O) groups is 4. The number of benzene rings is 1. The number of methoxy groups -OCH3 is 2. The number of carbonyl (C=O) groups excluding carboxylic acids is 4. The van der Waals surface area contributed by atoms with Crippen LogP contribution in [0.1, 0.15) is 34.0 Å². The summed E-state index contributed by atoms with van der Waals surface area (Å²) >= 11 is 0. The van der Waals surface area contributed by atoms with Gasteiger partial charge in [-0.05, 0) is 25.0 Å². The summed E-state index contributed by atoms with van der Waals surface area (Å²) < 4.78 is 14.8. The van der Waals surface area contributed by atoms with E-state index in [4.69, 9.17) is 14.2 Å². The minimum Gasteiger partial charge on any atom is -0.468 e. The van der Waals surface area contributed by atoms with Gasteiger partial charge in [-0.1, -0.05) is 0 Å². The molecule has 1 aromatic rings. The van der Waals surface area contributed by atoms with Crippen LogP contribution in [0.5, 0.6) is 5.75 Å². The number of hydrogen-bond donors (Lipinski definition) is 0. The van der Waals surface area contributed by atoms with Crippen LogP contribution in [0.3, 0.4) is 0 Å². The highest BCUT2D eigenvalue weighted by molar-refractivity contribution is 6.02. The van der Waals surface area contributed by atoms with E-state index in [1.54, 1.807) is 13.0 Å². The molecule has 0 radical (unpaired) electrons. The molecule has 0 saturated carbocycles. The fourth-order valence-corrected chi connectivity index (χ4v) is 3.09. The molecular weight excluding hydrogens is 316 g/mol. The second kappa shape index (κ2) is 6.43. The molecule has 0 bridgehead atoms. The van der Waals surface area contributed by atoms with E-state index < -0.39 is 23.3 Å². The van der Waals surface area contributed by atoms with Crippen molar-refractivity contribution in [2.75, 3.05) is 14.2 Å². The Labute approximate surface area is 138 Å². The second-order valence-corrected chi connectivity index (χ2v) is 5.69. The van der Waals surface area contributed by atoms with Crippen molar-refractivity contribution in [2.24, 2.45) is 5.41 Å². The molecular formula is C17H18O7. The van der Waals surface area contributed by atoms with Crippen LogP contribution in [0.15, 0.2) is 6.07 Å². The van der Waals surface area contributed by atoms with Gasteiger partial charge in [-0.15, -0.1) is 0 Å². The van der Waals surface area contributed by atoms with E-state index in [1.807, 2.05) is 0 Å². The predicted molar refractivity (Wildman–Crippen MR) is 81.7 cm³/mol. The lowest BCUT2D eigenvalue weighted by Gasteiger charge is -2.22. The van der Waals surface area contributed by atoms with Crippen molar-refractivity contribution in [2.45, 2.75) is 26.7 Å². The van der Waals surface area contributed by atoms with E-state index in [0.717, 1.165) is 0 Å². The standard InChI is InChI=1S/C17H18O7/c1-9-12(8-18)5-11-6-17(15(20)22-3,16(21)23-4)7-13(11)14(9)24-10(2)19/h5,8H,6-7H2,1-4H3. The molecule has 0 spiro atoms. The Morgan fingerprint density at radius 2 is 1.71 bits per heavy atom. The lowest BCUT2D eigenvalue weighted by molar-refractivity contribution is -0.168. The van der Waals surface area contributed by atoms with Crippen molar-refractivity contribution in [3.63, 3.8) is 0 Å². The Morgan fingerprint density at radius 3 is 2.17 bits per heavy atom. The van der Waals surface area contributed by atoms with Gasteiger partial charge in [0.05, 0.1) is 14.2 Å². The van der Waals surface area contributed by atoms with E-state index in [2.05, 4.69) is 0 Å². The average molecular weight is 334 g/mol. The Balaban J connectivity index is 2.65. The Bertz CT molecular complexity index is 717. The number of ether oxygens (including phenoxy) is 3. The van der Waals surface area contributed by atoms with Crippen molar-refractivity contribution in [1.29, 1.82) is 0 Å². The third kappa shape index (κ3) is 2.66. The highest BCUT2D eigenvalue weighted by Gasteiger charge is 2.53. The summed E-state index contributed by atoms with van der Waals surface area (Å²) in [6, 6.07) is 1.60. The highest BCUT2D eigenvalue weighted by Crippen LogP contribution is 2.45. The number of esters is 3. The van der Waals surface area contributed by atoms with Crippen molar-refractivity contribution in [3.8, 4) is 5.75 Å². The first-order chi connectivity index (χ1) is 11.3. The van der Waals surface area contributed by atoms with Crippen molar-refractivity contribution >= 4 is 24.2 Å². The molecule has 24 heavy (non-hydrogen) atoms. The van der Waals surface area contributed by atoms with Crippen LogP contribution in [-0.4, -0.2) is 38.4 Å². The molecule has 7 heteroatoms. The lowest BCUT2D eigenvalue weighted by Crippen LogP contribution is -2.42. The van der Waals surface area contributed by atoms with Crippen LogP contribution in [0.4, 0.5) is 0 Å². The van der Waals surface area contributed by atoms with E-state index in [-0.39, 0.29) is 18.6 Å². The normalized spacial score (nSPS) is 14.5. The zero-order valence-electron chi connectivity index (χ0n) is 13.9. The summed E-state index contributed by atoms with van der Waals surface area (Å²) in [6.07, 6.45) is 0.625. The van der Waals surface area contributed by atoms with Gasteiger partial charge >= 0.3 is 17.9 Å². The zero-order chi connectivity index (χ0) is 18.1. The van der Waals surface area contributed by atoms with Gasteiger partial charge in [0.1, 0.15) is 12.0 Å². The number of aldehydes is 1. The molecule has 0 saturated heterocycles. The summed E-state index contributed by atoms with van der Waals surface area (Å²) in [6.45, 7) is 2.88. The Morgan fingerprint density at radius 1 is 1.12 bits per heavy atom. The first kappa shape index (κ1) is 17.7. The van der Waals surface area contributed by atoms with Crippen molar-refractivity contribution in [1.82, 2.24) is 0 Å². The maximum atomic E-state index is 12.3. The van der Waals surface area contributed by atoms with Gasteiger partial charge in [0.15, 0.2) is 5.41 Å². The fraction of sp³-hybridized carbons (Fsp3) is 0.412. The third-order valence-electron chi connectivity index (χ3n) is 4.26. The third-order valence-corrected chi connectivity index (χ3v) is 4.26. The minimum absolute atomic E-state index is 0.0110. The van der Waals surface area contributed by atoms with Crippen LogP contribution in [0.2, 0.25) is 0 Å². The molecule has 1 aliphatic rings. The average Bonchev–Trinajstić information content (AvgIpc) is 2.95. The molecule has 1 aromatic carbocycles. The lowest BCUT2D eigenvalue weighted by atomic mass is 9.84. The second-order valence-electron chi connectivity index (χ2n) is 5.69. The van der Waals surface area contributed by atoms with Crippen LogP contribution in [-0.2, 0) is 36.7 Å². The molecule has 7 nitrogen and oxygen atoms in total. The largest absolute Gasteiger partial charge is 0.468 e. The molecule has 1 aliphatic carbocycles.